The number of piperidine rings is 1. The van der Waals surface area contributed by atoms with Crippen molar-refractivity contribution in [3.05, 3.63) is 65.1 Å². The Morgan fingerprint density at radius 2 is 1.89 bits per heavy atom. The molecule has 0 saturated carbocycles. The second-order valence-corrected chi connectivity index (χ2v) is 9.92. The molecular formula is C27H29ClN6O2. The number of fused-ring (bicyclic) bond motifs is 1. The predicted molar refractivity (Wildman–Crippen MR) is 141 cm³/mol. The predicted octanol–water partition coefficient (Wildman–Crippen LogP) is 4.60. The Hall–Kier alpha value is -3.20. The molecule has 2 aliphatic heterocycles. The number of phenols is 1. The molecule has 0 atom stereocenters. The summed E-state index contributed by atoms with van der Waals surface area (Å²) in [5.74, 6) is 2.17. The molecule has 0 radical (unpaired) electrons. The minimum atomic E-state index is 0.210. The molecule has 186 valence electrons. The molecule has 0 aliphatic carbocycles. The van der Waals surface area contributed by atoms with Gasteiger partial charge in [-0.2, -0.15) is 0 Å². The van der Waals surface area contributed by atoms with Gasteiger partial charge in [0.1, 0.15) is 16.4 Å². The Labute approximate surface area is 214 Å². The van der Waals surface area contributed by atoms with Crippen molar-refractivity contribution in [2.45, 2.75) is 25.3 Å². The molecule has 2 saturated heterocycles. The van der Waals surface area contributed by atoms with Gasteiger partial charge in [0.25, 0.3) is 0 Å². The third-order valence-electron chi connectivity index (χ3n) is 7.17. The maximum atomic E-state index is 10.1. The number of anilines is 1. The van der Waals surface area contributed by atoms with Gasteiger partial charge >= 0.3 is 0 Å². The number of aromatic amines is 1. The van der Waals surface area contributed by atoms with Gasteiger partial charge in [-0.25, -0.2) is 15.0 Å². The van der Waals surface area contributed by atoms with Gasteiger partial charge in [-0.1, -0.05) is 29.8 Å². The van der Waals surface area contributed by atoms with E-state index in [1.807, 2.05) is 30.5 Å². The fraction of sp³-hybridized carbons (Fsp3) is 0.370. The van der Waals surface area contributed by atoms with Crippen LogP contribution in [-0.4, -0.2) is 69.3 Å². The number of ether oxygens (including phenoxy) is 1. The zero-order valence-electron chi connectivity index (χ0n) is 20.0. The minimum Gasteiger partial charge on any atom is -0.508 e. The number of nitrogens with zero attached hydrogens (tertiary/aromatic N) is 5. The van der Waals surface area contributed by atoms with Crippen LogP contribution in [0.25, 0.3) is 22.4 Å². The van der Waals surface area contributed by atoms with Gasteiger partial charge in [-0.15, -0.1) is 0 Å². The van der Waals surface area contributed by atoms with Crippen LogP contribution in [0.1, 0.15) is 29.9 Å². The smallest absolute Gasteiger partial charge is 0.162 e. The van der Waals surface area contributed by atoms with E-state index in [0.717, 1.165) is 68.0 Å². The van der Waals surface area contributed by atoms with Crippen molar-refractivity contribution < 1.29 is 9.84 Å². The van der Waals surface area contributed by atoms with Crippen molar-refractivity contribution in [1.82, 2.24) is 24.8 Å². The van der Waals surface area contributed by atoms with Crippen molar-refractivity contribution >= 4 is 28.5 Å². The monoisotopic (exact) mass is 504 g/mol. The summed E-state index contributed by atoms with van der Waals surface area (Å²) in [6.45, 7) is 5.86. The number of pyridine rings is 1. The van der Waals surface area contributed by atoms with E-state index in [9.17, 15) is 5.11 Å². The highest BCUT2D eigenvalue weighted by molar-refractivity contribution is 6.29. The molecule has 4 aromatic rings. The number of phenolic OH excluding ortho intramolecular Hbond substituents is 1. The lowest BCUT2D eigenvalue weighted by molar-refractivity contribution is 0.122. The fourth-order valence-corrected chi connectivity index (χ4v) is 5.37. The third-order valence-corrected chi connectivity index (χ3v) is 7.40. The summed E-state index contributed by atoms with van der Waals surface area (Å²) in [7, 11) is 0. The highest BCUT2D eigenvalue weighted by Crippen LogP contribution is 2.37. The number of morpholine rings is 1. The van der Waals surface area contributed by atoms with E-state index in [1.165, 1.54) is 11.1 Å². The van der Waals surface area contributed by atoms with Gasteiger partial charge in [0.15, 0.2) is 11.6 Å². The Balaban J connectivity index is 1.29. The Kier molecular flexibility index (Phi) is 6.48. The zero-order chi connectivity index (χ0) is 24.5. The molecule has 6 rings (SSSR count). The van der Waals surface area contributed by atoms with E-state index in [2.05, 4.69) is 26.0 Å². The quantitative estimate of drug-likeness (QED) is 0.384. The van der Waals surface area contributed by atoms with Crippen LogP contribution in [0.5, 0.6) is 5.75 Å². The molecule has 0 bridgehead atoms. The molecule has 0 spiro atoms. The zero-order valence-corrected chi connectivity index (χ0v) is 20.8. The number of rotatable bonds is 5. The molecule has 0 amide bonds. The number of aromatic nitrogens is 4. The van der Waals surface area contributed by atoms with Gasteiger partial charge in [-0.05, 0) is 61.2 Å². The summed E-state index contributed by atoms with van der Waals surface area (Å²) < 4.78 is 5.58. The fourth-order valence-electron chi connectivity index (χ4n) is 5.26. The first kappa shape index (κ1) is 23.2. The normalized spacial score (nSPS) is 17.6. The van der Waals surface area contributed by atoms with Crippen molar-refractivity contribution in [2.24, 2.45) is 0 Å². The number of benzene rings is 1. The van der Waals surface area contributed by atoms with Crippen molar-refractivity contribution in [2.75, 3.05) is 44.3 Å². The molecule has 1 aromatic carbocycles. The van der Waals surface area contributed by atoms with E-state index in [4.69, 9.17) is 26.3 Å². The van der Waals surface area contributed by atoms with Gasteiger partial charge < -0.3 is 19.7 Å². The lowest BCUT2D eigenvalue weighted by Crippen LogP contribution is -2.37. The third kappa shape index (κ3) is 4.76. The molecule has 36 heavy (non-hydrogen) atoms. The second kappa shape index (κ2) is 10.0. The average Bonchev–Trinajstić information content (AvgIpc) is 3.34. The van der Waals surface area contributed by atoms with E-state index in [1.54, 1.807) is 12.1 Å². The standard InChI is InChI=1S/C27H29ClN6O2/c28-23-5-4-18(15-29-23)17-33-8-6-19(7-9-33)22-16-30-25-24(22)31-26(20-2-1-3-21(35)14-20)32-27(25)34-10-12-36-13-11-34/h1-5,14-16,19,30,35H,6-13,17H2. The van der Waals surface area contributed by atoms with E-state index in [-0.39, 0.29) is 5.75 Å². The summed E-state index contributed by atoms with van der Waals surface area (Å²) in [4.78, 5) is 22.4. The Bertz CT molecular complexity index is 1340. The largest absolute Gasteiger partial charge is 0.508 e. The molecule has 3 aromatic heterocycles. The van der Waals surface area contributed by atoms with Crippen molar-refractivity contribution in [3.8, 4) is 17.1 Å². The number of hydrogen-bond acceptors (Lipinski definition) is 7. The SMILES string of the molecule is Oc1cccc(-c2nc(N3CCOCC3)c3[nH]cc(C4CCN(Cc5ccc(Cl)nc5)CC4)c3n2)c1. The van der Waals surface area contributed by atoms with Crippen molar-refractivity contribution in [3.63, 3.8) is 0 Å². The first-order chi connectivity index (χ1) is 17.6. The highest BCUT2D eigenvalue weighted by Gasteiger charge is 2.26. The maximum absolute atomic E-state index is 10.1. The van der Waals surface area contributed by atoms with Crippen molar-refractivity contribution in [1.29, 1.82) is 0 Å². The number of likely N-dealkylation sites (tertiary alicyclic amines) is 1. The Morgan fingerprint density at radius 1 is 1.06 bits per heavy atom. The molecule has 2 aliphatic rings. The van der Waals surface area contributed by atoms with Crippen LogP contribution >= 0.6 is 11.6 Å². The summed E-state index contributed by atoms with van der Waals surface area (Å²) in [6, 6.07) is 11.1. The molecule has 0 unspecified atom stereocenters. The molecule has 8 nitrogen and oxygen atoms in total. The highest BCUT2D eigenvalue weighted by atomic mass is 35.5. The van der Waals surface area contributed by atoms with Gasteiger partial charge in [-0.3, -0.25) is 4.90 Å². The first-order valence-electron chi connectivity index (χ1n) is 12.5. The summed E-state index contributed by atoms with van der Waals surface area (Å²) >= 11 is 5.94. The molecular weight excluding hydrogens is 476 g/mol. The van der Waals surface area contributed by atoms with Crippen LogP contribution in [-0.2, 0) is 11.3 Å². The number of hydrogen-bond donors (Lipinski definition) is 2. The van der Waals surface area contributed by atoms with Crippen LogP contribution in [0.3, 0.4) is 0 Å². The number of aromatic hydroxyl groups is 1. The van der Waals surface area contributed by atoms with Crippen LogP contribution in [0.2, 0.25) is 5.15 Å². The first-order valence-corrected chi connectivity index (χ1v) is 12.9. The van der Waals surface area contributed by atoms with Gasteiger partial charge in [0.2, 0.25) is 0 Å². The van der Waals surface area contributed by atoms with Crippen LogP contribution in [0.15, 0.2) is 48.8 Å². The maximum Gasteiger partial charge on any atom is 0.162 e. The number of nitrogens with one attached hydrogen (secondary N) is 1. The van der Waals surface area contributed by atoms with Crippen LogP contribution < -0.4 is 4.90 Å². The molecule has 2 fully saturated rings. The molecule has 5 heterocycles. The average molecular weight is 505 g/mol. The van der Waals surface area contributed by atoms with E-state index >= 15 is 0 Å². The number of halogens is 1. The lowest BCUT2D eigenvalue weighted by Gasteiger charge is -2.32. The second-order valence-electron chi connectivity index (χ2n) is 9.53. The van der Waals surface area contributed by atoms with E-state index in [0.29, 0.717) is 30.1 Å². The summed E-state index contributed by atoms with van der Waals surface area (Å²) in [5, 5.41) is 10.6. The van der Waals surface area contributed by atoms with Gasteiger partial charge in [0, 0.05) is 37.6 Å². The van der Waals surface area contributed by atoms with Crippen LogP contribution in [0.4, 0.5) is 5.82 Å². The summed E-state index contributed by atoms with van der Waals surface area (Å²) in [6.07, 6.45) is 6.11. The lowest BCUT2D eigenvalue weighted by atomic mass is 9.90. The molecule has 9 heteroatoms. The van der Waals surface area contributed by atoms with E-state index < -0.39 is 0 Å². The van der Waals surface area contributed by atoms with Crippen LogP contribution in [0, 0.1) is 0 Å². The number of H-pyrrole nitrogens is 1. The molecule has 2 N–H and O–H groups in total. The van der Waals surface area contributed by atoms with Gasteiger partial charge in [0.05, 0.1) is 18.7 Å². The minimum absolute atomic E-state index is 0.210. The topological polar surface area (TPSA) is 90.4 Å². The Morgan fingerprint density at radius 3 is 2.64 bits per heavy atom. The summed E-state index contributed by atoms with van der Waals surface area (Å²) in [5.41, 5.74) is 5.19.